The second-order valence-corrected chi connectivity index (χ2v) is 8.77. The lowest BCUT2D eigenvalue weighted by molar-refractivity contribution is -0.125. The van der Waals surface area contributed by atoms with Crippen molar-refractivity contribution in [1.29, 1.82) is 0 Å². The molecule has 2 amide bonds. The molecule has 0 saturated heterocycles. The van der Waals surface area contributed by atoms with Gasteiger partial charge in [0.15, 0.2) is 23.0 Å². The van der Waals surface area contributed by atoms with Gasteiger partial charge in [-0.15, -0.1) is 0 Å². The third kappa shape index (κ3) is 2.87. The monoisotopic (exact) mass is 472 g/mol. The van der Waals surface area contributed by atoms with Crippen LogP contribution in [0.15, 0.2) is 54.6 Å². The minimum absolute atomic E-state index is 0.109. The average molecular weight is 472 g/mol. The van der Waals surface area contributed by atoms with E-state index in [9.17, 15) is 9.59 Å². The molecular weight excluding hydrogens is 452 g/mol. The molecule has 0 aliphatic carbocycles. The van der Waals surface area contributed by atoms with E-state index in [1.807, 2.05) is 48.5 Å². The molecule has 176 valence electrons. The van der Waals surface area contributed by atoms with Crippen LogP contribution in [0.2, 0.25) is 0 Å². The highest BCUT2D eigenvalue weighted by molar-refractivity contribution is 6.13. The predicted octanol–water partition coefficient (Wildman–Crippen LogP) is 2.49. The molecule has 1 N–H and O–H groups in total. The maximum Gasteiger partial charge on any atom is 0.246 e. The first-order valence-electron chi connectivity index (χ1n) is 11.3. The van der Waals surface area contributed by atoms with E-state index in [4.69, 9.17) is 23.7 Å². The zero-order valence-corrected chi connectivity index (χ0v) is 18.5. The zero-order valence-electron chi connectivity index (χ0n) is 18.5. The molecule has 3 aromatic rings. The summed E-state index contributed by atoms with van der Waals surface area (Å²) in [6.07, 6.45) is 0. The quantitative estimate of drug-likeness (QED) is 0.623. The van der Waals surface area contributed by atoms with Crippen molar-refractivity contribution in [2.45, 2.75) is 12.0 Å². The third-order valence-corrected chi connectivity index (χ3v) is 6.87. The molecule has 9 nitrogen and oxygen atoms in total. The summed E-state index contributed by atoms with van der Waals surface area (Å²) in [7, 11) is 0. The molecule has 0 radical (unpaired) electrons. The van der Waals surface area contributed by atoms with Crippen LogP contribution >= 0.6 is 0 Å². The van der Waals surface area contributed by atoms with E-state index in [0.717, 1.165) is 16.7 Å². The largest absolute Gasteiger partial charge is 0.491 e. The summed E-state index contributed by atoms with van der Waals surface area (Å²) in [6.45, 7) is 0.668. The summed E-state index contributed by atoms with van der Waals surface area (Å²) < 4.78 is 27.7. The molecule has 4 aliphatic heterocycles. The van der Waals surface area contributed by atoms with Gasteiger partial charge in [-0.05, 0) is 35.4 Å². The van der Waals surface area contributed by atoms with Crippen molar-refractivity contribution < 1.29 is 33.3 Å². The van der Waals surface area contributed by atoms with Gasteiger partial charge in [-0.1, -0.05) is 24.3 Å². The molecule has 0 fully saturated rings. The van der Waals surface area contributed by atoms with E-state index in [1.54, 1.807) is 6.07 Å². The smallest absolute Gasteiger partial charge is 0.246 e. The number of para-hydroxylation sites is 1. The lowest BCUT2D eigenvalue weighted by Crippen LogP contribution is -2.46. The van der Waals surface area contributed by atoms with Crippen molar-refractivity contribution in [3.8, 4) is 28.7 Å². The van der Waals surface area contributed by atoms with Gasteiger partial charge in [-0.25, -0.2) is 0 Å². The summed E-state index contributed by atoms with van der Waals surface area (Å²) in [4.78, 5) is 28.4. The zero-order chi connectivity index (χ0) is 23.6. The molecule has 35 heavy (non-hydrogen) atoms. The number of hydrogen-bond donors (Lipinski definition) is 1. The highest BCUT2D eigenvalue weighted by atomic mass is 16.7. The van der Waals surface area contributed by atoms with Crippen molar-refractivity contribution in [3.63, 3.8) is 0 Å². The van der Waals surface area contributed by atoms with Crippen molar-refractivity contribution in [3.05, 3.63) is 71.3 Å². The molecule has 0 saturated carbocycles. The van der Waals surface area contributed by atoms with Crippen LogP contribution in [0.25, 0.3) is 0 Å². The van der Waals surface area contributed by atoms with Gasteiger partial charge in [-0.3, -0.25) is 9.59 Å². The number of carbonyl (C=O) groups excluding carboxylic acids is 2. The Balaban J connectivity index is 1.16. The van der Waals surface area contributed by atoms with Crippen molar-refractivity contribution in [2.24, 2.45) is 0 Å². The van der Waals surface area contributed by atoms with Crippen LogP contribution in [-0.4, -0.2) is 38.6 Å². The number of anilines is 1. The maximum absolute atomic E-state index is 14.0. The van der Waals surface area contributed by atoms with Gasteiger partial charge < -0.3 is 33.9 Å². The molecule has 3 aromatic carbocycles. The molecule has 7 rings (SSSR count). The molecule has 9 heteroatoms. The Bertz CT molecular complexity index is 1400. The Hall–Kier alpha value is -4.40. The summed E-state index contributed by atoms with van der Waals surface area (Å²) >= 11 is 0. The fraction of sp³-hybridized carbons (Fsp3) is 0.231. The van der Waals surface area contributed by atoms with Gasteiger partial charge in [0.05, 0.1) is 0 Å². The number of amides is 2. The summed E-state index contributed by atoms with van der Waals surface area (Å²) in [5.74, 6) is 2.64. The minimum atomic E-state index is -1.04. The SMILES string of the molecule is O=C(CN1C(=O)C2(COc3cc4c(cc32)OCO4)c2ccccc21)NCc1ccc2c(c1)OCO2. The standard InChI is InChI=1S/C26H20N2O7/c29-24(27-10-15-5-6-19-21(7-15)33-13-32-19)11-28-18-4-2-1-3-16(18)26(25(28)30)12-31-20-9-23-22(8-17(20)26)34-14-35-23/h1-9H,10-14H2,(H,27,29). The van der Waals surface area contributed by atoms with Crippen LogP contribution < -0.4 is 33.9 Å². The Kier molecular flexibility index (Phi) is 4.17. The van der Waals surface area contributed by atoms with Gasteiger partial charge >= 0.3 is 0 Å². The number of carbonyl (C=O) groups is 2. The van der Waals surface area contributed by atoms with Crippen LogP contribution in [0, 0.1) is 0 Å². The summed E-state index contributed by atoms with van der Waals surface area (Å²) in [5, 5.41) is 2.90. The van der Waals surface area contributed by atoms with Crippen LogP contribution in [0.3, 0.4) is 0 Å². The Labute approximate surface area is 200 Å². The summed E-state index contributed by atoms with van der Waals surface area (Å²) in [5.41, 5.74) is 2.07. The fourth-order valence-corrected chi connectivity index (χ4v) is 5.17. The first-order chi connectivity index (χ1) is 17.1. The highest BCUT2D eigenvalue weighted by Crippen LogP contribution is 2.54. The average Bonchev–Trinajstić information content (AvgIpc) is 3.65. The van der Waals surface area contributed by atoms with E-state index in [1.165, 1.54) is 4.90 Å². The van der Waals surface area contributed by atoms with Crippen LogP contribution in [0.5, 0.6) is 28.7 Å². The van der Waals surface area contributed by atoms with Gasteiger partial charge in [0, 0.05) is 23.9 Å². The maximum atomic E-state index is 14.0. The Morgan fingerprint density at radius 1 is 0.829 bits per heavy atom. The number of fused-ring (bicyclic) bond motifs is 6. The second kappa shape index (κ2) is 7.30. The van der Waals surface area contributed by atoms with E-state index >= 15 is 0 Å². The third-order valence-electron chi connectivity index (χ3n) is 6.87. The van der Waals surface area contributed by atoms with Gasteiger partial charge in [0.1, 0.15) is 24.3 Å². The number of benzene rings is 3. The molecule has 0 bridgehead atoms. The van der Waals surface area contributed by atoms with Gasteiger partial charge in [0.2, 0.25) is 25.4 Å². The van der Waals surface area contributed by atoms with Crippen molar-refractivity contribution >= 4 is 17.5 Å². The Morgan fingerprint density at radius 2 is 1.57 bits per heavy atom. The topological polar surface area (TPSA) is 95.6 Å². The highest BCUT2D eigenvalue weighted by Gasteiger charge is 2.57. The van der Waals surface area contributed by atoms with Gasteiger partial charge in [0.25, 0.3) is 0 Å². The normalized spacial score (nSPS) is 20.1. The number of nitrogens with zero attached hydrogens (tertiary/aromatic N) is 1. The number of nitrogens with one attached hydrogen (secondary N) is 1. The second-order valence-electron chi connectivity index (χ2n) is 8.77. The van der Waals surface area contributed by atoms with Crippen LogP contribution in [0.1, 0.15) is 16.7 Å². The van der Waals surface area contributed by atoms with E-state index in [0.29, 0.717) is 41.0 Å². The number of hydrogen-bond acceptors (Lipinski definition) is 7. The van der Waals surface area contributed by atoms with E-state index in [-0.39, 0.29) is 38.6 Å². The minimum Gasteiger partial charge on any atom is -0.491 e. The number of rotatable bonds is 4. The van der Waals surface area contributed by atoms with Crippen molar-refractivity contribution in [1.82, 2.24) is 5.32 Å². The molecule has 4 heterocycles. The summed E-state index contributed by atoms with van der Waals surface area (Å²) in [6, 6.07) is 16.6. The molecule has 0 aromatic heterocycles. The molecule has 1 unspecified atom stereocenters. The predicted molar refractivity (Wildman–Crippen MR) is 122 cm³/mol. The van der Waals surface area contributed by atoms with Gasteiger partial charge in [-0.2, -0.15) is 0 Å². The fourth-order valence-electron chi connectivity index (χ4n) is 5.17. The number of ether oxygens (including phenoxy) is 5. The van der Waals surface area contributed by atoms with Crippen LogP contribution in [0.4, 0.5) is 5.69 Å². The molecule has 1 atom stereocenters. The van der Waals surface area contributed by atoms with Crippen LogP contribution in [-0.2, 0) is 21.5 Å². The first-order valence-corrected chi connectivity index (χ1v) is 11.3. The molecular formula is C26H20N2O7. The molecule has 4 aliphatic rings. The van der Waals surface area contributed by atoms with Crippen molar-refractivity contribution in [2.75, 3.05) is 31.6 Å². The lowest BCUT2D eigenvalue weighted by Gasteiger charge is -2.23. The first kappa shape index (κ1) is 20.0. The Morgan fingerprint density at radius 3 is 2.43 bits per heavy atom. The molecule has 1 spiro atoms. The lowest BCUT2D eigenvalue weighted by atomic mass is 9.77. The van der Waals surface area contributed by atoms with E-state index in [2.05, 4.69) is 5.32 Å². The van der Waals surface area contributed by atoms with E-state index < -0.39 is 5.41 Å².